The quantitative estimate of drug-likeness (QED) is 0.389. The molecule has 4 nitrogen and oxygen atoms in total. The number of hydrogen-bond donors (Lipinski definition) is 1. The fourth-order valence-electron chi connectivity index (χ4n) is 2.11. The molecule has 1 aliphatic heterocycles. The number of hydrogen-bond acceptors (Lipinski definition) is 3. The number of nitrogens with one attached hydrogen (secondary N) is 1. The summed E-state index contributed by atoms with van der Waals surface area (Å²) in [5, 5.41) is 5.04. The minimum atomic E-state index is 0. The first-order chi connectivity index (χ1) is 9.27. The Kier molecular flexibility index (Phi) is 7.73. The van der Waals surface area contributed by atoms with E-state index in [2.05, 4.69) is 20.4 Å². The third-order valence-corrected chi connectivity index (χ3v) is 3.60. The molecule has 111 valence electrons. The van der Waals surface area contributed by atoms with Crippen molar-refractivity contribution in [3.8, 4) is 0 Å². The molecule has 6 heteroatoms. The Balaban J connectivity index is 0.00000200. The number of hydrazone groups is 1. The van der Waals surface area contributed by atoms with Crippen LogP contribution >= 0.6 is 12.2 Å². The average molecular weight is 340 g/mol. The van der Waals surface area contributed by atoms with E-state index in [9.17, 15) is 0 Å². The molecular formula is C14H20CuN4S+2. The van der Waals surface area contributed by atoms with E-state index < -0.39 is 0 Å². The van der Waals surface area contributed by atoms with Crippen molar-refractivity contribution in [2.45, 2.75) is 32.6 Å². The predicted octanol–water partition coefficient (Wildman–Crippen LogP) is 2.55. The number of likely N-dealkylation sites (tertiary alicyclic amines) is 1. The van der Waals surface area contributed by atoms with Gasteiger partial charge in [-0.15, -0.1) is 0 Å². The fourth-order valence-corrected chi connectivity index (χ4v) is 2.34. The molecule has 2 rings (SSSR count). The Hall–Kier alpha value is -0.971. The molecule has 0 aromatic carbocycles. The monoisotopic (exact) mass is 339 g/mol. The zero-order valence-corrected chi connectivity index (χ0v) is 13.4. The Morgan fingerprint density at radius 1 is 1.25 bits per heavy atom. The number of pyridine rings is 1. The molecule has 1 aromatic rings. The van der Waals surface area contributed by atoms with E-state index in [4.69, 9.17) is 12.2 Å². The van der Waals surface area contributed by atoms with Crippen molar-refractivity contribution < 1.29 is 17.1 Å². The molecule has 1 fully saturated rings. The molecule has 1 aromatic heterocycles. The SMILES string of the molecule is CC(=NNC(=S)N1CCCCCC1)c1ccccn1.[Cu+2]. The summed E-state index contributed by atoms with van der Waals surface area (Å²) in [7, 11) is 0. The van der Waals surface area contributed by atoms with Crippen molar-refractivity contribution in [2.75, 3.05) is 13.1 Å². The molecule has 20 heavy (non-hydrogen) atoms. The summed E-state index contributed by atoms with van der Waals surface area (Å²) in [6, 6.07) is 5.79. The summed E-state index contributed by atoms with van der Waals surface area (Å²) in [6.45, 7) is 3.99. The van der Waals surface area contributed by atoms with Crippen molar-refractivity contribution >= 4 is 23.0 Å². The summed E-state index contributed by atoms with van der Waals surface area (Å²) < 4.78 is 0. The minimum Gasteiger partial charge on any atom is -0.348 e. The standard InChI is InChI=1S/C14H20N4S.Cu/c1-12(13-8-4-5-9-15-13)16-17-14(19)18-10-6-2-3-7-11-18;/h4-5,8-9H,2-3,6-7,10-11H2,1H3,(H,17,19);/q;+2. The van der Waals surface area contributed by atoms with Gasteiger partial charge in [-0.1, -0.05) is 18.9 Å². The van der Waals surface area contributed by atoms with Crippen molar-refractivity contribution in [1.29, 1.82) is 0 Å². The first kappa shape index (κ1) is 17.1. The normalized spacial score (nSPS) is 16.1. The van der Waals surface area contributed by atoms with Crippen molar-refractivity contribution in [1.82, 2.24) is 15.3 Å². The Morgan fingerprint density at radius 3 is 2.55 bits per heavy atom. The van der Waals surface area contributed by atoms with E-state index in [0.29, 0.717) is 0 Å². The molecule has 1 saturated heterocycles. The van der Waals surface area contributed by atoms with Gasteiger partial charge in [-0.25, -0.2) is 0 Å². The maximum absolute atomic E-state index is 5.39. The minimum absolute atomic E-state index is 0. The molecule has 0 aliphatic carbocycles. The van der Waals surface area contributed by atoms with E-state index in [-0.39, 0.29) is 17.1 Å². The second-order valence-electron chi connectivity index (χ2n) is 4.73. The number of rotatable bonds is 2. The van der Waals surface area contributed by atoms with Gasteiger partial charge < -0.3 is 4.90 Å². The largest absolute Gasteiger partial charge is 2.00 e. The van der Waals surface area contributed by atoms with Crippen molar-refractivity contribution in [3.05, 3.63) is 30.1 Å². The molecule has 0 bridgehead atoms. The van der Waals surface area contributed by atoms with Crippen LogP contribution in [0.15, 0.2) is 29.5 Å². The van der Waals surface area contributed by atoms with Crippen LogP contribution in [-0.2, 0) is 17.1 Å². The second kappa shape index (κ2) is 9.06. The van der Waals surface area contributed by atoms with E-state index in [1.807, 2.05) is 25.1 Å². The van der Waals surface area contributed by atoms with Crippen LogP contribution < -0.4 is 5.43 Å². The van der Waals surface area contributed by atoms with Crippen LogP contribution in [-0.4, -0.2) is 33.8 Å². The van der Waals surface area contributed by atoms with Crippen LogP contribution in [0.25, 0.3) is 0 Å². The molecule has 0 spiro atoms. The van der Waals surface area contributed by atoms with Gasteiger partial charge in [0.2, 0.25) is 0 Å². The smallest absolute Gasteiger partial charge is 0.348 e. The topological polar surface area (TPSA) is 40.5 Å². The molecule has 0 saturated carbocycles. The summed E-state index contributed by atoms with van der Waals surface area (Å²) in [5.74, 6) is 0. The maximum Gasteiger partial charge on any atom is 2.00 e. The summed E-state index contributed by atoms with van der Waals surface area (Å²) >= 11 is 5.39. The number of thiocarbonyl (C=S) groups is 1. The van der Waals surface area contributed by atoms with Crippen LogP contribution in [0.3, 0.4) is 0 Å². The third-order valence-electron chi connectivity index (χ3n) is 3.25. The Labute approximate surface area is 136 Å². The molecule has 0 amide bonds. The van der Waals surface area contributed by atoms with Gasteiger partial charge in [-0.3, -0.25) is 10.4 Å². The number of nitrogens with zero attached hydrogens (tertiary/aromatic N) is 3. The van der Waals surface area contributed by atoms with Gasteiger partial charge in [0.1, 0.15) is 0 Å². The van der Waals surface area contributed by atoms with E-state index in [0.717, 1.165) is 29.6 Å². The van der Waals surface area contributed by atoms with E-state index in [1.165, 1.54) is 25.7 Å². The van der Waals surface area contributed by atoms with Crippen LogP contribution in [0, 0.1) is 0 Å². The molecule has 0 unspecified atom stereocenters. The van der Waals surface area contributed by atoms with Gasteiger partial charge in [-0.05, 0) is 44.1 Å². The molecule has 2 heterocycles. The van der Waals surface area contributed by atoms with Gasteiger partial charge in [0, 0.05) is 19.3 Å². The molecule has 1 N–H and O–H groups in total. The Morgan fingerprint density at radius 2 is 1.95 bits per heavy atom. The van der Waals surface area contributed by atoms with Crippen LogP contribution in [0.5, 0.6) is 0 Å². The van der Waals surface area contributed by atoms with Gasteiger partial charge in [0.15, 0.2) is 5.11 Å². The zero-order valence-electron chi connectivity index (χ0n) is 11.6. The van der Waals surface area contributed by atoms with Crippen LogP contribution in [0.1, 0.15) is 38.3 Å². The summed E-state index contributed by atoms with van der Waals surface area (Å²) in [4.78, 5) is 6.46. The first-order valence-corrected chi connectivity index (χ1v) is 7.19. The van der Waals surface area contributed by atoms with Gasteiger partial charge >= 0.3 is 17.1 Å². The van der Waals surface area contributed by atoms with E-state index in [1.54, 1.807) is 6.20 Å². The maximum atomic E-state index is 5.39. The summed E-state index contributed by atoms with van der Waals surface area (Å²) in [6.07, 6.45) is 6.79. The van der Waals surface area contributed by atoms with Crippen LogP contribution in [0.2, 0.25) is 0 Å². The van der Waals surface area contributed by atoms with Gasteiger partial charge in [0.05, 0.1) is 11.4 Å². The third kappa shape index (κ3) is 5.19. The predicted molar refractivity (Wildman–Crippen MR) is 82.2 cm³/mol. The Bertz CT molecular complexity index is 442. The van der Waals surface area contributed by atoms with Crippen molar-refractivity contribution in [3.63, 3.8) is 0 Å². The van der Waals surface area contributed by atoms with Crippen LogP contribution in [0.4, 0.5) is 0 Å². The second-order valence-corrected chi connectivity index (χ2v) is 5.12. The van der Waals surface area contributed by atoms with Gasteiger partial charge in [0.25, 0.3) is 0 Å². The van der Waals surface area contributed by atoms with E-state index >= 15 is 0 Å². The van der Waals surface area contributed by atoms with Gasteiger partial charge in [-0.2, -0.15) is 5.10 Å². The van der Waals surface area contributed by atoms with Crippen molar-refractivity contribution in [2.24, 2.45) is 5.10 Å². The average Bonchev–Trinajstić information content (AvgIpc) is 2.74. The first-order valence-electron chi connectivity index (χ1n) is 6.78. The molecule has 1 radical (unpaired) electrons. The zero-order chi connectivity index (χ0) is 13.5. The molecule has 1 aliphatic rings. The summed E-state index contributed by atoms with van der Waals surface area (Å²) in [5.41, 5.74) is 4.70. The number of aromatic nitrogens is 1. The molecule has 0 atom stereocenters. The fraction of sp³-hybridized carbons (Fsp3) is 0.500. The molecular weight excluding hydrogens is 320 g/mol.